The Morgan fingerprint density at radius 3 is 2.42 bits per heavy atom. The van der Waals surface area contributed by atoms with Crippen molar-refractivity contribution in [2.24, 2.45) is 0 Å². The van der Waals surface area contributed by atoms with Crippen molar-refractivity contribution in [2.45, 2.75) is 39.5 Å². The predicted octanol–water partition coefficient (Wildman–Crippen LogP) is 3.57. The maximum Gasteiger partial charge on any atom is 0.307 e. The van der Waals surface area contributed by atoms with Gasteiger partial charge in [-0.25, -0.2) is 8.78 Å². The van der Waals surface area contributed by atoms with E-state index in [1.54, 1.807) is 6.92 Å². The number of carbonyl (C=O) groups excluding carboxylic acids is 2. The van der Waals surface area contributed by atoms with E-state index in [4.69, 9.17) is 9.47 Å². The Morgan fingerprint density at radius 2 is 1.77 bits per heavy atom. The number of nitrogens with zero attached hydrogens (tertiary/aromatic N) is 1. The number of hydrogen-bond donors (Lipinski definition) is 0. The number of carbonyl (C=O) groups is 2. The van der Waals surface area contributed by atoms with Gasteiger partial charge in [-0.15, -0.1) is 0 Å². The quantitative estimate of drug-likeness (QED) is 0.416. The minimum atomic E-state index is -1.08. The molecule has 0 atom stereocenters. The van der Waals surface area contributed by atoms with Crippen LogP contribution in [-0.2, 0) is 14.3 Å². The molecule has 1 rings (SSSR count). The fourth-order valence-electron chi connectivity index (χ4n) is 2.29. The molecule has 0 radical (unpaired) electrons. The number of benzene rings is 1. The molecule has 0 aliphatic rings. The standard InChI is InChI=1S/C19H27F2NO4/c1-3-5-12-25-13-6-10-22(11-9-18(23)26-4-2)19(24)15-7-8-16(20)17(21)14-15/h7-8,14H,3-6,9-13H2,1-2H3. The van der Waals surface area contributed by atoms with Gasteiger partial charge >= 0.3 is 5.97 Å². The first-order valence-electron chi connectivity index (χ1n) is 8.97. The second-order valence-corrected chi connectivity index (χ2v) is 5.80. The molecule has 0 spiro atoms. The van der Waals surface area contributed by atoms with E-state index in [-0.39, 0.29) is 25.1 Å². The largest absolute Gasteiger partial charge is 0.466 e. The summed E-state index contributed by atoms with van der Waals surface area (Å²) in [4.78, 5) is 25.6. The number of amides is 1. The maximum atomic E-state index is 13.4. The molecular formula is C19H27F2NO4. The van der Waals surface area contributed by atoms with Crippen LogP contribution >= 0.6 is 0 Å². The highest BCUT2D eigenvalue weighted by Crippen LogP contribution is 2.12. The molecule has 0 aliphatic heterocycles. The van der Waals surface area contributed by atoms with Gasteiger partial charge in [-0.2, -0.15) is 0 Å². The van der Waals surface area contributed by atoms with Gasteiger partial charge in [0, 0.05) is 31.9 Å². The van der Waals surface area contributed by atoms with Crippen LogP contribution in [0.1, 0.15) is 49.9 Å². The Bertz CT molecular complexity index is 581. The van der Waals surface area contributed by atoms with Crippen molar-refractivity contribution in [3.8, 4) is 0 Å². The summed E-state index contributed by atoms with van der Waals surface area (Å²) in [6, 6.07) is 3.02. The molecule has 0 aromatic heterocycles. The lowest BCUT2D eigenvalue weighted by atomic mass is 10.1. The van der Waals surface area contributed by atoms with Gasteiger partial charge in [-0.3, -0.25) is 9.59 Å². The van der Waals surface area contributed by atoms with Crippen LogP contribution in [0.25, 0.3) is 0 Å². The van der Waals surface area contributed by atoms with Gasteiger partial charge in [0.1, 0.15) is 0 Å². The first-order chi connectivity index (χ1) is 12.5. The summed E-state index contributed by atoms with van der Waals surface area (Å²) in [5.74, 6) is -2.95. The van der Waals surface area contributed by atoms with Crippen molar-refractivity contribution >= 4 is 11.9 Å². The SMILES string of the molecule is CCCCOCCCN(CCC(=O)OCC)C(=O)c1ccc(F)c(F)c1. The molecule has 1 aromatic carbocycles. The number of hydrogen-bond acceptors (Lipinski definition) is 4. The molecule has 0 bridgehead atoms. The monoisotopic (exact) mass is 371 g/mol. The van der Waals surface area contributed by atoms with Gasteiger partial charge in [0.2, 0.25) is 0 Å². The van der Waals surface area contributed by atoms with Crippen molar-refractivity contribution in [3.05, 3.63) is 35.4 Å². The van der Waals surface area contributed by atoms with Crippen molar-refractivity contribution in [2.75, 3.05) is 32.9 Å². The van der Waals surface area contributed by atoms with Gasteiger partial charge in [0.25, 0.3) is 5.91 Å². The average Bonchev–Trinajstić information content (AvgIpc) is 2.62. The number of rotatable bonds is 12. The topological polar surface area (TPSA) is 55.8 Å². The molecule has 26 heavy (non-hydrogen) atoms. The zero-order chi connectivity index (χ0) is 19.4. The highest BCUT2D eigenvalue weighted by atomic mass is 19.2. The first kappa shape index (κ1) is 22.0. The van der Waals surface area contributed by atoms with Crippen LogP contribution in [0.3, 0.4) is 0 Å². The summed E-state index contributed by atoms with van der Waals surface area (Å²) >= 11 is 0. The fraction of sp³-hybridized carbons (Fsp3) is 0.579. The molecule has 1 amide bonds. The van der Waals surface area contributed by atoms with E-state index in [9.17, 15) is 18.4 Å². The maximum absolute atomic E-state index is 13.4. The van der Waals surface area contributed by atoms with Crippen molar-refractivity contribution < 1.29 is 27.8 Å². The van der Waals surface area contributed by atoms with E-state index >= 15 is 0 Å². The molecule has 0 unspecified atom stereocenters. The number of halogens is 2. The Morgan fingerprint density at radius 1 is 1.04 bits per heavy atom. The first-order valence-corrected chi connectivity index (χ1v) is 8.97. The Labute approximate surface area is 153 Å². The number of esters is 1. The van der Waals surface area contributed by atoms with Crippen LogP contribution in [0, 0.1) is 11.6 Å². The Balaban J connectivity index is 2.66. The van der Waals surface area contributed by atoms with E-state index in [1.165, 1.54) is 11.0 Å². The zero-order valence-corrected chi connectivity index (χ0v) is 15.4. The number of ether oxygens (including phenoxy) is 2. The minimum Gasteiger partial charge on any atom is -0.466 e. The molecule has 146 valence electrons. The van der Waals surface area contributed by atoms with E-state index < -0.39 is 23.5 Å². The number of unbranched alkanes of at least 4 members (excludes halogenated alkanes) is 1. The Hall–Kier alpha value is -2.02. The van der Waals surface area contributed by atoms with Crippen LogP contribution in [0.15, 0.2) is 18.2 Å². The molecule has 0 N–H and O–H groups in total. The van der Waals surface area contributed by atoms with Crippen LogP contribution < -0.4 is 0 Å². The molecule has 5 nitrogen and oxygen atoms in total. The smallest absolute Gasteiger partial charge is 0.307 e. The van der Waals surface area contributed by atoms with Gasteiger partial charge in [-0.1, -0.05) is 13.3 Å². The summed E-state index contributed by atoms with van der Waals surface area (Å²) in [6.45, 7) is 5.68. The molecule has 0 saturated heterocycles. The van der Waals surface area contributed by atoms with E-state index in [0.29, 0.717) is 26.2 Å². The molecule has 0 heterocycles. The van der Waals surface area contributed by atoms with Gasteiger partial charge in [0.15, 0.2) is 11.6 Å². The summed E-state index contributed by atoms with van der Waals surface area (Å²) < 4.78 is 36.8. The molecule has 0 fully saturated rings. The van der Waals surface area contributed by atoms with Crippen molar-refractivity contribution in [1.29, 1.82) is 0 Å². The third-order valence-corrected chi connectivity index (χ3v) is 3.70. The lowest BCUT2D eigenvalue weighted by Gasteiger charge is -2.22. The normalized spacial score (nSPS) is 10.6. The molecule has 0 saturated carbocycles. The van der Waals surface area contributed by atoms with Crippen LogP contribution in [-0.4, -0.2) is 49.7 Å². The summed E-state index contributed by atoms with van der Waals surface area (Å²) in [6.07, 6.45) is 2.64. The van der Waals surface area contributed by atoms with Crippen LogP contribution in [0.4, 0.5) is 8.78 Å². The van der Waals surface area contributed by atoms with Gasteiger partial charge in [0.05, 0.1) is 13.0 Å². The third-order valence-electron chi connectivity index (χ3n) is 3.70. The third kappa shape index (κ3) is 7.91. The zero-order valence-electron chi connectivity index (χ0n) is 15.4. The summed E-state index contributed by atoms with van der Waals surface area (Å²) in [5.41, 5.74) is 0.0414. The van der Waals surface area contributed by atoms with Gasteiger partial charge in [-0.05, 0) is 38.0 Å². The second-order valence-electron chi connectivity index (χ2n) is 5.80. The second kappa shape index (κ2) is 12.4. The van der Waals surface area contributed by atoms with Crippen LogP contribution in [0.5, 0.6) is 0 Å². The van der Waals surface area contributed by atoms with Gasteiger partial charge < -0.3 is 14.4 Å². The van der Waals surface area contributed by atoms with E-state index in [0.717, 1.165) is 25.0 Å². The predicted molar refractivity (Wildman–Crippen MR) is 93.9 cm³/mol. The van der Waals surface area contributed by atoms with Crippen molar-refractivity contribution in [1.82, 2.24) is 4.90 Å². The lowest BCUT2D eigenvalue weighted by Crippen LogP contribution is -2.34. The molecule has 1 aromatic rings. The minimum absolute atomic E-state index is 0.0414. The average molecular weight is 371 g/mol. The molecule has 7 heteroatoms. The van der Waals surface area contributed by atoms with Crippen molar-refractivity contribution in [3.63, 3.8) is 0 Å². The lowest BCUT2D eigenvalue weighted by molar-refractivity contribution is -0.143. The highest BCUT2D eigenvalue weighted by Gasteiger charge is 2.18. The fourth-order valence-corrected chi connectivity index (χ4v) is 2.29. The van der Waals surface area contributed by atoms with E-state index in [2.05, 4.69) is 6.92 Å². The molecular weight excluding hydrogens is 344 g/mol. The summed E-state index contributed by atoms with van der Waals surface area (Å²) in [7, 11) is 0. The summed E-state index contributed by atoms with van der Waals surface area (Å²) in [5, 5.41) is 0. The molecule has 0 aliphatic carbocycles. The highest BCUT2D eigenvalue weighted by molar-refractivity contribution is 5.94. The Kier molecular flexibility index (Phi) is 10.5. The van der Waals surface area contributed by atoms with Crippen LogP contribution in [0.2, 0.25) is 0 Å². The van der Waals surface area contributed by atoms with E-state index in [1.807, 2.05) is 0 Å².